The molecule has 0 unspecified atom stereocenters. The first-order valence-corrected chi connectivity index (χ1v) is 5.02. The number of carbonyl (C=O) groups is 1. The van der Waals surface area contributed by atoms with Gasteiger partial charge in [-0.15, -0.1) is 0 Å². The minimum absolute atomic E-state index is 0.0474. The van der Waals surface area contributed by atoms with Gasteiger partial charge in [-0.2, -0.15) is 0 Å². The molecule has 0 saturated heterocycles. The SMILES string of the molecule is CC1(C)[C@@H]2CC[C@@]1(/C=C/O)C(=O)[C@H]2O. The highest BCUT2D eigenvalue weighted by Crippen LogP contribution is 2.64. The van der Waals surface area contributed by atoms with E-state index >= 15 is 0 Å². The van der Waals surface area contributed by atoms with Gasteiger partial charge < -0.3 is 10.2 Å². The van der Waals surface area contributed by atoms with Crippen LogP contribution in [0, 0.1) is 16.7 Å². The van der Waals surface area contributed by atoms with E-state index in [-0.39, 0.29) is 17.1 Å². The Morgan fingerprint density at radius 2 is 2.14 bits per heavy atom. The molecule has 0 aromatic heterocycles. The van der Waals surface area contributed by atoms with Crippen LogP contribution >= 0.6 is 0 Å². The Morgan fingerprint density at radius 1 is 1.50 bits per heavy atom. The highest BCUT2D eigenvalue weighted by molar-refractivity contribution is 5.95. The largest absolute Gasteiger partial charge is 0.516 e. The van der Waals surface area contributed by atoms with Crippen LogP contribution in [0.5, 0.6) is 0 Å². The number of allylic oxidation sites excluding steroid dienone is 1. The van der Waals surface area contributed by atoms with Crippen molar-refractivity contribution in [1.82, 2.24) is 0 Å². The predicted molar refractivity (Wildman–Crippen MR) is 51.7 cm³/mol. The Labute approximate surface area is 83.4 Å². The van der Waals surface area contributed by atoms with Crippen LogP contribution in [0.2, 0.25) is 0 Å². The molecule has 2 rings (SSSR count). The third-order valence-electron chi connectivity index (χ3n) is 4.37. The molecule has 2 saturated carbocycles. The maximum absolute atomic E-state index is 11.9. The third-order valence-corrected chi connectivity index (χ3v) is 4.37. The maximum atomic E-state index is 11.9. The molecule has 2 bridgehead atoms. The van der Waals surface area contributed by atoms with Crippen molar-refractivity contribution in [3.05, 3.63) is 12.3 Å². The summed E-state index contributed by atoms with van der Waals surface area (Å²) in [6, 6.07) is 0. The molecular formula is C11H16O3. The van der Waals surface area contributed by atoms with Gasteiger partial charge in [-0.05, 0) is 30.3 Å². The Kier molecular flexibility index (Phi) is 1.80. The van der Waals surface area contributed by atoms with E-state index in [4.69, 9.17) is 5.11 Å². The molecular weight excluding hydrogens is 180 g/mol. The number of aliphatic hydroxyl groups is 2. The Bertz CT molecular complexity index is 306. The Balaban J connectivity index is 2.53. The van der Waals surface area contributed by atoms with Crippen LogP contribution in [0.3, 0.4) is 0 Å². The van der Waals surface area contributed by atoms with Gasteiger partial charge in [0.15, 0.2) is 5.78 Å². The lowest BCUT2D eigenvalue weighted by molar-refractivity contribution is -0.133. The summed E-state index contributed by atoms with van der Waals surface area (Å²) in [6.45, 7) is 4.00. The molecule has 2 fully saturated rings. The number of hydrogen-bond acceptors (Lipinski definition) is 3. The average Bonchev–Trinajstić information content (AvgIpc) is 2.43. The molecule has 0 aliphatic heterocycles. The van der Waals surface area contributed by atoms with E-state index in [9.17, 15) is 9.90 Å². The second-order valence-corrected chi connectivity index (χ2v) is 4.96. The summed E-state index contributed by atoms with van der Waals surface area (Å²) in [4.78, 5) is 11.9. The summed E-state index contributed by atoms with van der Waals surface area (Å²) in [6.07, 6.45) is 3.28. The number of ketones is 1. The molecule has 2 aliphatic rings. The van der Waals surface area contributed by atoms with Crippen molar-refractivity contribution >= 4 is 5.78 Å². The van der Waals surface area contributed by atoms with Gasteiger partial charge in [0.25, 0.3) is 0 Å². The first kappa shape index (κ1) is 9.71. The van der Waals surface area contributed by atoms with Crippen LogP contribution in [0.1, 0.15) is 26.7 Å². The summed E-state index contributed by atoms with van der Waals surface area (Å²) in [5.74, 6) is -0.0738. The van der Waals surface area contributed by atoms with E-state index < -0.39 is 11.5 Å². The van der Waals surface area contributed by atoms with E-state index in [1.165, 1.54) is 0 Å². The van der Waals surface area contributed by atoms with Crippen molar-refractivity contribution in [2.75, 3.05) is 0 Å². The quantitative estimate of drug-likeness (QED) is 0.624. The van der Waals surface area contributed by atoms with Gasteiger partial charge >= 0.3 is 0 Å². The molecule has 0 heterocycles. The number of hydrogen-bond donors (Lipinski definition) is 2. The van der Waals surface area contributed by atoms with Crippen molar-refractivity contribution in [1.29, 1.82) is 0 Å². The molecule has 2 aliphatic carbocycles. The van der Waals surface area contributed by atoms with Gasteiger partial charge in [0, 0.05) is 0 Å². The second-order valence-electron chi connectivity index (χ2n) is 4.96. The molecule has 0 aromatic carbocycles. The van der Waals surface area contributed by atoms with Crippen molar-refractivity contribution in [2.45, 2.75) is 32.8 Å². The number of rotatable bonds is 1. The van der Waals surface area contributed by atoms with Crippen LogP contribution in [-0.4, -0.2) is 22.1 Å². The lowest BCUT2D eigenvalue weighted by Crippen LogP contribution is -2.36. The topological polar surface area (TPSA) is 57.5 Å². The minimum Gasteiger partial charge on any atom is -0.516 e. The molecule has 14 heavy (non-hydrogen) atoms. The van der Waals surface area contributed by atoms with E-state index in [1.807, 2.05) is 13.8 Å². The monoisotopic (exact) mass is 196 g/mol. The van der Waals surface area contributed by atoms with Crippen LogP contribution in [0.15, 0.2) is 12.3 Å². The van der Waals surface area contributed by atoms with Gasteiger partial charge in [0.2, 0.25) is 0 Å². The fraction of sp³-hybridized carbons (Fsp3) is 0.727. The van der Waals surface area contributed by atoms with Crippen LogP contribution in [-0.2, 0) is 4.79 Å². The van der Waals surface area contributed by atoms with Gasteiger partial charge in [-0.1, -0.05) is 13.8 Å². The third kappa shape index (κ3) is 0.793. The van der Waals surface area contributed by atoms with Crippen LogP contribution in [0.4, 0.5) is 0 Å². The first-order chi connectivity index (χ1) is 6.47. The summed E-state index contributed by atoms with van der Waals surface area (Å²) < 4.78 is 0. The normalized spacial score (nSPS) is 45.2. The average molecular weight is 196 g/mol. The van der Waals surface area contributed by atoms with E-state index in [0.717, 1.165) is 19.1 Å². The van der Waals surface area contributed by atoms with Crippen molar-refractivity contribution < 1.29 is 15.0 Å². The molecule has 2 N–H and O–H groups in total. The highest BCUT2D eigenvalue weighted by atomic mass is 16.3. The highest BCUT2D eigenvalue weighted by Gasteiger charge is 2.67. The summed E-state index contributed by atoms with van der Waals surface area (Å²) >= 11 is 0. The van der Waals surface area contributed by atoms with E-state index in [0.29, 0.717) is 0 Å². The standard InChI is InChI=1S/C11H16O3/c1-10(2)7-3-4-11(10,5-6-12)9(14)8(7)13/h5-8,12-13H,3-4H2,1-2H3/b6-5+/t7-,8+,11-/m1/s1. The molecule has 78 valence electrons. The fourth-order valence-electron chi connectivity index (χ4n) is 3.34. The number of fused-ring (bicyclic) bond motifs is 2. The molecule has 3 heteroatoms. The van der Waals surface area contributed by atoms with Gasteiger partial charge in [0.1, 0.15) is 6.10 Å². The maximum Gasteiger partial charge on any atom is 0.172 e. The molecule has 0 amide bonds. The minimum atomic E-state index is -0.838. The molecule has 0 spiro atoms. The number of carbonyl (C=O) groups excluding carboxylic acids is 1. The van der Waals surface area contributed by atoms with Gasteiger partial charge in [0.05, 0.1) is 11.7 Å². The summed E-state index contributed by atoms with van der Waals surface area (Å²) in [5.41, 5.74) is -0.867. The summed E-state index contributed by atoms with van der Waals surface area (Å²) in [5, 5.41) is 18.6. The first-order valence-electron chi connectivity index (χ1n) is 5.02. The number of aliphatic hydroxyl groups excluding tert-OH is 2. The predicted octanol–water partition coefficient (Wildman–Crippen LogP) is 1.42. The molecule has 3 nitrogen and oxygen atoms in total. The van der Waals surface area contributed by atoms with Gasteiger partial charge in [-0.3, -0.25) is 4.79 Å². The van der Waals surface area contributed by atoms with Crippen LogP contribution < -0.4 is 0 Å². The zero-order valence-electron chi connectivity index (χ0n) is 8.53. The molecule has 0 aromatic rings. The lowest BCUT2D eigenvalue weighted by atomic mass is 9.69. The van der Waals surface area contributed by atoms with Crippen LogP contribution in [0.25, 0.3) is 0 Å². The zero-order chi connectivity index (χ0) is 10.6. The van der Waals surface area contributed by atoms with Crippen molar-refractivity contribution in [3.63, 3.8) is 0 Å². The Hall–Kier alpha value is -0.830. The van der Waals surface area contributed by atoms with E-state index in [2.05, 4.69) is 0 Å². The van der Waals surface area contributed by atoms with Crippen molar-refractivity contribution in [2.24, 2.45) is 16.7 Å². The lowest BCUT2D eigenvalue weighted by Gasteiger charge is -2.32. The van der Waals surface area contributed by atoms with Gasteiger partial charge in [-0.25, -0.2) is 0 Å². The smallest absolute Gasteiger partial charge is 0.172 e. The number of Topliss-reactive ketones (excluding diaryl/α,β-unsaturated/α-hetero) is 1. The second kappa shape index (κ2) is 2.60. The van der Waals surface area contributed by atoms with E-state index in [1.54, 1.807) is 6.08 Å². The Morgan fingerprint density at radius 3 is 2.57 bits per heavy atom. The molecule has 3 atom stereocenters. The summed E-state index contributed by atoms with van der Waals surface area (Å²) in [7, 11) is 0. The van der Waals surface area contributed by atoms with Crippen molar-refractivity contribution in [3.8, 4) is 0 Å². The zero-order valence-corrected chi connectivity index (χ0v) is 8.53. The molecule has 0 radical (unpaired) electrons. The fourth-order valence-corrected chi connectivity index (χ4v) is 3.34.